The van der Waals surface area contributed by atoms with Gasteiger partial charge in [-0.05, 0) is 34.8 Å². The quantitative estimate of drug-likeness (QED) is 0.918. The van der Waals surface area contributed by atoms with Crippen LogP contribution in [0.3, 0.4) is 0 Å². The molecule has 86 valence electrons. The maximum atomic E-state index is 4.24. The van der Waals surface area contributed by atoms with Gasteiger partial charge in [0.15, 0.2) is 0 Å². The summed E-state index contributed by atoms with van der Waals surface area (Å²) in [5.74, 6) is 0. The van der Waals surface area contributed by atoms with Crippen molar-refractivity contribution in [2.75, 3.05) is 7.05 Å². The minimum absolute atomic E-state index is 0.303. The van der Waals surface area contributed by atoms with Gasteiger partial charge >= 0.3 is 0 Å². The summed E-state index contributed by atoms with van der Waals surface area (Å²) in [6.07, 6.45) is 2.93. The fourth-order valence-electron chi connectivity index (χ4n) is 1.76. The summed E-state index contributed by atoms with van der Waals surface area (Å²) >= 11 is 3.54. The fourth-order valence-corrected chi connectivity index (χ4v) is 2.38. The molecule has 1 atom stereocenters. The molecular weight excluding hydrogens is 254 g/mol. The highest BCUT2D eigenvalue weighted by Crippen LogP contribution is 2.32. The van der Waals surface area contributed by atoms with E-state index in [0.717, 1.165) is 10.9 Å². The van der Waals surface area contributed by atoms with Crippen molar-refractivity contribution in [2.45, 2.75) is 33.2 Å². The van der Waals surface area contributed by atoms with Crippen LogP contribution in [0.25, 0.3) is 0 Å². The molecule has 0 aromatic carbocycles. The Hall–Kier alpha value is -0.350. The van der Waals surface area contributed by atoms with Crippen molar-refractivity contribution in [3.63, 3.8) is 0 Å². The number of nitrogens with zero attached hydrogens (tertiary/aromatic N) is 2. The van der Waals surface area contributed by atoms with E-state index in [1.54, 1.807) is 0 Å². The molecule has 4 heteroatoms. The lowest BCUT2D eigenvalue weighted by Crippen LogP contribution is -2.24. The predicted octanol–water partition coefficient (Wildman–Crippen LogP) is 2.88. The van der Waals surface area contributed by atoms with Gasteiger partial charge in [0.2, 0.25) is 0 Å². The molecule has 1 unspecified atom stereocenters. The summed E-state index contributed by atoms with van der Waals surface area (Å²) in [4.78, 5) is 0. The fraction of sp³-hybridized carbons (Fsp3) is 0.727. The average molecular weight is 274 g/mol. The zero-order valence-corrected chi connectivity index (χ0v) is 11.7. The Balaban J connectivity index is 2.93. The van der Waals surface area contributed by atoms with Crippen molar-refractivity contribution < 1.29 is 0 Å². The van der Waals surface area contributed by atoms with Crippen LogP contribution in [0.15, 0.2) is 10.7 Å². The Labute approximate surface area is 100 Å². The molecule has 0 saturated carbocycles. The standard InChI is InChI=1S/C11H20BrN3/c1-11(2,3)6-9(13-4)10-8(12)7-14-15(10)5/h7,9,13H,6H2,1-5H3. The number of aromatic nitrogens is 2. The lowest BCUT2D eigenvalue weighted by Gasteiger charge is -2.26. The van der Waals surface area contributed by atoms with E-state index in [9.17, 15) is 0 Å². The highest BCUT2D eigenvalue weighted by Gasteiger charge is 2.23. The summed E-state index contributed by atoms with van der Waals surface area (Å²) < 4.78 is 3.00. The van der Waals surface area contributed by atoms with Crippen molar-refractivity contribution in [1.29, 1.82) is 0 Å². The third kappa shape index (κ3) is 3.31. The molecule has 1 aromatic heterocycles. The molecular formula is C11H20BrN3. The van der Waals surface area contributed by atoms with Gasteiger partial charge in [-0.3, -0.25) is 4.68 Å². The molecule has 0 spiro atoms. The van der Waals surface area contributed by atoms with Crippen LogP contribution in [-0.4, -0.2) is 16.8 Å². The summed E-state index contributed by atoms with van der Waals surface area (Å²) in [7, 11) is 3.98. The molecule has 0 saturated heterocycles. The highest BCUT2D eigenvalue weighted by molar-refractivity contribution is 9.10. The topological polar surface area (TPSA) is 29.9 Å². The Bertz CT molecular complexity index is 306. The first-order chi connectivity index (χ1) is 6.85. The summed E-state index contributed by atoms with van der Waals surface area (Å²) in [6, 6.07) is 0.340. The van der Waals surface area contributed by atoms with Crippen LogP contribution in [0.4, 0.5) is 0 Å². The molecule has 1 heterocycles. The number of rotatable bonds is 3. The lowest BCUT2D eigenvalue weighted by molar-refractivity contribution is 0.312. The van der Waals surface area contributed by atoms with E-state index < -0.39 is 0 Å². The molecule has 0 bridgehead atoms. The summed E-state index contributed by atoms with van der Waals surface area (Å²) in [5, 5.41) is 7.60. The van der Waals surface area contributed by atoms with Crippen molar-refractivity contribution in [3.8, 4) is 0 Å². The van der Waals surface area contributed by atoms with Crippen LogP contribution in [0.2, 0.25) is 0 Å². The molecule has 3 nitrogen and oxygen atoms in total. The minimum atomic E-state index is 0.303. The second kappa shape index (κ2) is 4.66. The zero-order valence-electron chi connectivity index (χ0n) is 10.1. The third-order valence-electron chi connectivity index (χ3n) is 2.43. The number of aryl methyl sites for hydroxylation is 1. The van der Waals surface area contributed by atoms with Crippen molar-refractivity contribution in [2.24, 2.45) is 12.5 Å². The molecule has 15 heavy (non-hydrogen) atoms. The predicted molar refractivity (Wildman–Crippen MR) is 66.8 cm³/mol. The van der Waals surface area contributed by atoms with Gasteiger partial charge in [0, 0.05) is 7.05 Å². The van der Waals surface area contributed by atoms with Crippen LogP contribution < -0.4 is 5.32 Å². The largest absolute Gasteiger partial charge is 0.312 e. The normalized spacial score (nSPS) is 14.3. The number of hydrogen-bond donors (Lipinski definition) is 1. The van der Waals surface area contributed by atoms with Gasteiger partial charge in [-0.1, -0.05) is 20.8 Å². The van der Waals surface area contributed by atoms with Gasteiger partial charge in [-0.15, -0.1) is 0 Å². The van der Waals surface area contributed by atoms with Crippen LogP contribution in [0, 0.1) is 5.41 Å². The summed E-state index contributed by atoms with van der Waals surface area (Å²) in [6.45, 7) is 6.75. The van der Waals surface area contributed by atoms with Crippen molar-refractivity contribution >= 4 is 15.9 Å². The van der Waals surface area contributed by atoms with Crippen LogP contribution in [0.1, 0.15) is 38.9 Å². The van der Waals surface area contributed by atoms with E-state index >= 15 is 0 Å². The van der Waals surface area contributed by atoms with E-state index in [1.807, 2.05) is 25.0 Å². The second-order valence-corrected chi connectivity index (χ2v) is 5.96. The Kier molecular flexibility index (Phi) is 3.95. The van der Waals surface area contributed by atoms with Gasteiger partial charge < -0.3 is 5.32 Å². The Morgan fingerprint density at radius 2 is 2.13 bits per heavy atom. The summed E-state index contributed by atoms with van der Waals surface area (Å²) in [5.41, 5.74) is 1.52. The van der Waals surface area contributed by atoms with Crippen LogP contribution >= 0.6 is 15.9 Å². The van der Waals surface area contributed by atoms with Crippen molar-refractivity contribution in [3.05, 3.63) is 16.4 Å². The van der Waals surface area contributed by atoms with E-state index in [1.165, 1.54) is 5.69 Å². The third-order valence-corrected chi connectivity index (χ3v) is 3.04. The van der Waals surface area contributed by atoms with E-state index in [0.29, 0.717) is 11.5 Å². The first-order valence-corrected chi connectivity index (χ1v) is 5.99. The van der Waals surface area contributed by atoms with E-state index in [-0.39, 0.29) is 0 Å². The molecule has 0 aliphatic heterocycles. The molecule has 1 N–H and O–H groups in total. The Morgan fingerprint density at radius 1 is 1.53 bits per heavy atom. The molecule has 0 fully saturated rings. The van der Waals surface area contributed by atoms with Gasteiger partial charge in [-0.25, -0.2) is 0 Å². The number of nitrogens with one attached hydrogen (secondary N) is 1. The second-order valence-electron chi connectivity index (χ2n) is 5.11. The molecule has 0 amide bonds. The first-order valence-electron chi connectivity index (χ1n) is 5.20. The zero-order chi connectivity index (χ0) is 11.6. The highest BCUT2D eigenvalue weighted by atomic mass is 79.9. The number of hydrogen-bond acceptors (Lipinski definition) is 2. The van der Waals surface area contributed by atoms with Crippen LogP contribution in [0.5, 0.6) is 0 Å². The maximum absolute atomic E-state index is 4.24. The SMILES string of the molecule is CNC(CC(C)(C)C)c1c(Br)cnn1C. The smallest absolute Gasteiger partial charge is 0.0692 e. The average Bonchev–Trinajstić information content (AvgIpc) is 2.41. The van der Waals surface area contributed by atoms with Gasteiger partial charge in [0.05, 0.1) is 22.4 Å². The van der Waals surface area contributed by atoms with Gasteiger partial charge in [0.25, 0.3) is 0 Å². The van der Waals surface area contributed by atoms with E-state index in [4.69, 9.17) is 0 Å². The lowest BCUT2D eigenvalue weighted by atomic mass is 9.87. The van der Waals surface area contributed by atoms with Crippen LogP contribution in [-0.2, 0) is 7.05 Å². The van der Waals surface area contributed by atoms with Gasteiger partial charge in [-0.2, -0.15) is 5.10 Å². The Morgan fingerprint density at radius 3 is 2.47 bits per heavy atom. The molecule has 0 radical (unpaired) electrons. The number of halogens is 1. The van der Waals surface area contributed by atoms with E-state index in [2.05, 4.69) is 47.1 Å². The minimum Gasteiger partial charge on any atom is -0.312 e. The van der Waals surface area contributed by atoms with Crippen molar-refractivity contribution in [1.82, 2.24) is 15.1 Å². The molecule has 1 rings (SSSR count). The monoisotopic (exact) mass is 273 g/mol. The van der Waals surface area contributed by atoms with Gasteiger partial charge in [0.1, 0.15) is 0 Å². The molecule has 1 aromatic rings. The maximum Gasteiger partial charge on any atom is 0.0692 e. The first kappa shape index (κ1) is 12.7. The molecule has 0 aliphatic carbocycles. The molecule has 0 aliphatic rings.